The molecule has 0 aliphatic carbocycles. The summed E-state index contributed by atoms with van der Waals surface area (Å²) in [7, 11) is 0. The summed E-state index contributed by atoms with van der Waals surface area (Å²) in [6.45, 7) is 4.47. The minimum Gasteiger partial charge on any atom is -0.480 e. The van der Waals surface area contributed by atoms with Gasteiger partial charge in [0.1, 0.15) is 11.8 Å². The maximum Gasteiger partial charge on any atom is 0.326 e. The molecule has 0 spiro atoms. The highest BCUT2D eigenvalue weighted by atomic mass is 16.4. The zero-order valence-electron chi connectivity index (χ0n) is 11.3. The van der Waals surface area contributed by atoms with Crippen LogP contribution in [0, 0.1) is 0 Å². The molecule has 104 valence electrons. The number of aryl methyl sites for hydroxylation is 2. The van der Waals surface area contributed by atoms with Crippen LogP contribution in [0.4, 0.5) is 0 Å². The number of carbonyl (C=O) groups excluding carboxylic acids is 1. The first-order chi connectivity index (χ1) is 9.08. The lowest BCUT2D eigenvalue weighted by Gasteiger charge is -2.19. The monoisotopic (exact) mass is 265 g/mol. The summed E-state index contributed by atoms with van der Waals surface area (Å²) in [6.07, 6.45) is 2.79. The Labute approximate surface area is 112 Å². The quantitative estimate of drug-likeness (QED) is 0.905. The van der Waals surface area contributed by atoms with Crippen LogP contribution >= 0.6 is 0 Å². The van der Waals surface area contributed by atoms with Crippen molar-refractivity contribution in [2.45, 2.75) is 45.6 Å². The third kappa shape index (κ3) is 2.50. The van der Waals surface area contributed by atoms with Crippen LogP contribution in [0.15, 0.2) is 10.5 Å². The molecule has 2 heterocycles. The average Bonchev–Trinajstić information content (AvgIpc) is 3.03. The first kappa shape index (κ1) is 13.6. The van der Waals surface area contributed by atoms with Crippen LogP contribution in [0.2, 0.25) is 0 Å². The summed E-state index contributed by atoms with van der Waals surface area (Å²) < 4.78 is 5.57. The number of amides is 1. The van der Waals surface area contributed by atoms with Gasteiger partial charge in [-0.15, -0.1) is 0 Å². The molecule has 1 atom stereocenters. The van der Waals surface area contributed by atoms with Crippen molar-refractivity contribution in [1.82, 2.24) is 4.90 Å². The fourth-order valence-corrected chi connectivity index (χ4v) is 2.58. The van der Waals surface area contributed by atoms with Crippen LogP contribution < -0.4 is 0 Å². The highest BCUT2D eigenvalue weighted by Crippen LogP contribution is 2.23. The Morgan fingerprint density at radius 2 is 2.16 bits per heavy atom. The maximum absolute atomic E-state index is 12.3. The Kier molecular flexibility index (Phi) is 3.93. The lowest BCUT2D eigenvalue weighted by atomic mass is 10.1. The first-order valence-electron chi connectivity index (χ1n) is 6.73. The Hall–Kier alpha value is -1.78. The minimum atomic E-state index is -0.941. The molecule has 1 aliphatic rings. The standard InChI is InChI=1S/C14H19NO4/c1-3-9-8-12(19-11(9)4-2)13(16)15-7-5-6-10(15)14(17)18/h8,10H,3-7H2,1-2H3,(H,17,18)/t10-/m1/s1. The van der Waals surface area contributed by atoms with Gasteiger partial charge in [-0.25, -0.2) is 4.79 Å². The fraction of sp³-hybridized carbons (Fsp3) is 0.571. The summed E-state index contributed by atoms with van der Waals surface area (Å²) in [5, 5.41) is 9.11. The Bertz CT molecular complexity index is 470. The molecular weight excluding hydrogens is 246 g/mol. The zero-order valence-corrected chi connectivity index (χ0v) is 11.3. The first-order valence-corrected chi connectivity index (χ1v) is 6.73. The average molecular weight is 265 g/mol. The molecule has 0 bridgehead atoms. The summed E-state index contributed by atoms with van der Waals surface area (Å²) in [4.78, 5) is 24.8. The van der Waals surface area contributed by atoms with E-state index in [9.17, 15) is 9.59 Å². The van der Waals surface area contributed by atoms with Gasteiger partial charge in [0.25, 0.3) is 5.91 Å². The molecule has 1 N–H and O–H groups in total. The van der Waals surface area contributed by atoms with Crippen LogP contribution in [0.25, 0.3) is 0 Å². The predicted octanol–water partition coefficient (Wildman–Crippen LogP) is 2.09. The van der Waals surface area contributed by atoms with E-state index in [4.69, 9.17) is 9.52 Å². The SMILES string of the molecule is CCc1cc(C(=O)N2CCC[C@@H]2C(=O)O)oc1CC. The number of nitrogens with zero attached hydrogens (tertiary/aromatic N) is 1. The van der Waals surface area contributed by atoms with Gasteiger partial charge < -0.3 is 14.4 Å². The molecule has 1 amide bonds. The maximum atomic E-state index is 12.3. The number of carbonyl (C=O) groups is 2. The molecule has 5 nitrogen and oxygen atoms in total. The van der Waals surface area contributed by atoms with Crippen molar-refractivity contribution in [2.24, 2.45) is 0 Å². The van der Waals surface area contributed by atoms with E-state index in [0.29, 0.717) is 13.0 Å². The smallest absolute Gasteiger partial charge is 0.326 e. The summed E-state index contributed by atoms with van der Waals surface area (Å²) >= 11 is 0. The van der Waals surface area contributed by atoms with Gasteiger partial charge in [-0.3, -0.25) is 4.79 Å². The molecule has 1 aromatic heterocycles. The van der Waals surface area contributed by atoms with Crippen molar-refractivity contribution in [3.63, 3.8) is 0 Å². The largest absolute Gasteiger partial charge is 0.480 e. The van der Waals surface area contributed by atoms with Crippen LogP contribution in [-0.2, 0) is 17.6 Å². The molecular formula is C14H19NO4. The van der Waals surface area contributed by atoms with Gasteiger partial charge in [0.15, 0.2) is 5.76 Å². The second-order valence-electron chi connectivity index (χ2n) is 4.76. The number of aliphatic carboxylic acids is 1. The van der Waals surface area contributed by atoms with Crippen molar-refractivity contribution < 1.29 is 19.1 Å². The van der Waals surface area contributed by atoms with Gasteiger partial charge in [-0.05, 0) is 30.9 Å². The number of likely N-dealkylation sites (tertiary alicyclic amines) is 1. The number of furan rings is 1. The van der Waals surface area contributed by atoms with Crippen molar-refractivity contribution in [1.29, 1.82) is 0 Å². The van der Waals surface area contributed by atoms with Crippen molar-refractivity contribution in [3.05, 3.63) is 23.2 Å². The lowest BCUT2D eigenvalue weighted by Crippen LogP contribution is -2.40. The van der Waals surface area contributed by atoms with Gasteiger partial charge in [0.2, 0.25) is 0 Å². The highest BCUT2D eigenvalue weighted by Gasteiger charge is 2.35. The molecule has 1 aliphatic heterocycles. The number of hydrogen-bond acceptors (Lipinski definition) is 3. The molecule has 1 fully saturated rings. The van der Waals surface area contributed by atoms with E-state index in [0.717, 1.165) is 30.6 Å². The summed E-state index contributed by atoms with van der Waals surface area (Å²) in [5.41, 5.74) is 1.02. The second kappa shape index (κ2) is 5.47. The van der Waals surface area contributed by atoms with Crippen LogP contribution in [0.5, 0.6) is 0 Å². The van der Waals surface area contributed by atoms with Crippen LogP contribution in [0.3, 0.4) is 0 Å². The van der Waals surface area contributed by atoms with Crippen LogP contribution in [0.1, 0.15) is 48.6 Å². The molecule has 5 heteroatoms. The number of hydrogen-bond donors (Lipinski definition) is 1. The normalized spacial score (nSPS) is 18.8. The predicted molar refractivity (Wildman–Crippen MR) is 69.2 cm³/mol. The van der Waals surface area contributed by atoms with E-state index in [-0.39, 0.29) is 11.7 Å². The van der Waals surface area contributed by atoms with E-state index in [1.165, 1.54) is 4.90 Å². The van der Waals surface area contributed by atoms with E-state index in [1.807, 2.05) is 13.8 Å². The molecule has 19 heavy (non-hydrogen) atoms. The topological polar surface area (TPSA) is 70.8 Å². The fourth-order valence-electron chi connectivity index (χ4n) is 2.58. The number of carboxylic acid groups (broad SMARTS) is 1. The van der Waals surface area contributed by atoms with Crippen molar-refractivity contribution in [3.8, 4) is 0 Å². The van der Waals surface area contributed by atoms with E-state index in [2.05, 4.69) is 0 Å². The third-order valence-electron chi connectivity index (χ3n) is 3.61. The van der Waals surface area contributed by atoms with E-state index < -0.39 is 12.0 Å². The Balaban J connectivity index is 2.24. The minimum absolute atomic E-state index is 0.266. The van der Waals surface area contributed by atoms with Crippen LogP contribution in [-0.4, -0.2) is 34.5 Å². The molecule has 2 rings (SSSR count). The summed E-state index contributed by atoms with van der Waals surface area (Å²) in [5.74, 6) is -0.165. The summed E-state index contributed by atoms with van der Waals surface area (Å²) in [6, 6.07) is 1.03. The second-order valence-corrected chi connectivity index (χ2v) is 4.76. The van der Waals surface area contributed by atoms with Gasteiger partial charge in [0.05, 0.1) is 0 Å². The molecule has 1 saturated heterocycles. The number of rotatable bonds is 4. The van der Waals surface area contributed by atoms with Gasteiger partial charge in [-0.1, -0.05) is 13.8 Å². The van der Waals surface area contributed by atoms with Crippen molar-refractivity contribution >= 4 is 11.9 Å². The molecule has 0 unspecified atom stereocenters. The number of carboxylic acids is 1. The van der Waals surface area contributed by atoms with Gasteiger partial charge in [0, 0.05) is 13.0 Å². The molecule has 0 radical (unpaired) electrons. The highest BCUT2D eigenvalue weighted by molar-refractivity contribution is 5.95. The Morgan fingerprint density at radius 1 is 1.42 bits per heavy atom. The van der Waals surface area contributed by atoms with Crippen molar-refractivity contribution in [2.75, 3.05) is 6.54 Å². The Morgan fingerprint density at radius 3 is 2.68 bits per heavy atom. The third-order valence-corrected chi connectivity index (χ3v) is 3.61. The zero-order chi connectivity index (χ0) is 14.0. The molecule has 1 aromatic rings. The molecule has 0 saturated carbocycles. The molecule has 0 aromatic carbocycles. The van der Waals surface area contributed by atoms with Gasteiger partial charge >= 0.3 is 5.97 Å². The lowest BCUT2D eigenvalue weighted by molar-refractivity contribution is -0.141. The van der Waals surface area contributed by atoms with E-state index in [1.54, 1.807) is 6.07 Å². The van der Waals surface area contributed by atoms with E-state index >= 15 is 0 Å². The van der Waals surface area contributed by atoms with Gasteiger partial charge in [-0.2, -0.15) is 0 Å².